The lowest BCUT2D eigenvalue weighted by atomic mass is 9.93. The summed E-state index contributed by atoms with van der Waals surface area (Å²) in [5, 5.41) is 0.609. The first-order chi connectivity index (χ1) is 15.9. The van der Waals surface area contributed by atoms with Crippen molar-refractivity contribution < 1.29 is 9.59 Å². The number of nitrogens with zero attached hydrogens (tertiary/aromatic N) is 6. The molecule has 0 N–H and O–H groups in total. The number of anilines is 2. The maximum absolute atomic E-state index is 13.3. The highest BCUT2D eigenvalue weighted by Gasteiger charge is 2.44. The average molecular weight is 463 g/mol. The minimum absolute atomic E-state index is 0.0648. The van der Waals surface area contributed by atoms with E-state index >= 15 is 0 Å². The van der Waals surface area contributed by atoms with Crippen LogP contribution in [0, 0.1) is 0 Å². The van der Waals surface area contributed by atoms with Gasteiger partial charge >= 0.3 is 0 Å². The van der Waals surface area contributed by atoms with Gasteiger partial charge in [0.05, 0.1) is 35.5 Å². The SMILES string of the molecule is CC1(C)c2cc(Cl)ccc2C(=O)N1c1cncc(N2CCN(C(=O)c3cnccn3)CC2)c1. The van der Waals surface area contributed by atoms with Gasteiger partial charge in [0.1, 0.15) is 5.69 Å². The summed E-state index contributed by atoms with van der Waals surface area (Å²) in [6.45, 7) is 6.47. The van der Waals surface area contributed by atoms with Gasteiger partial charge in [-0.05, 0) is 43.7 Å². The number of carbonyl (C=O) groups is 2. The zero-order valence-electron chi connectivity index (χ0n) is 18.4. The molecule has 3 aromatic rings. The first kappa shape index (κ1) is 21.3. The van der Waals surface area contributed by atoms with Crippen LogP contribution in [0.5, 0.6) is 0 Å². The van der Waals surface area contributed by atoms with E-state index in [-0.39, 0.29) is 11.8 Å². The van der Waals surface area contributed by atoms with Gasteiger partial charge in [-0.3, -0.25) is 24.5 Å². The molecular weight excluding hydrogens is 440 g/mol. The summed E-state index contributed by atoms with van der Waals surface area (Å²) in [5.74, 6) is -0.180. The van der Waals surface area contributed by atoms with Crippen molar-refractivity contribution in [2.75, 3.05) is 36.0 Å². The summed E-state index contributed by atoms with van der Waals surface area (Å²) < 4.78 is 0. The summed E-state index contributed by atoms with van der Waals surface area (Å²) in [5.41, 5.74) is 3.00. The van der Waals surface area contributed by atoms with Crippen LogP contribution in [0.25, 0.3) is 0 Å². The van der Waals surface area contributed by atoms with Crippen LogP contribution in [0.1, 0.15) is 40.3 Å². The van der Waals surface area contributed by atoms with Gasteiger partial charge in [0.2, 0.25) is 0 Å². The molecule has 0 aliphatic carbocycles. The molecule has 0 atom stereocenters. The number of aromatic nitrogens is 3. The standard InChI is InChI=1S/C24H23ClN6O2/c1-24(2)20-11-16(25)3-4-19(20)22(32)31(24)18-12-17(13-27-14-18)29-7-9-30(10-8-29)23(33)21-15-26-5-6-28-21/h3-6,11-15H,7-10H2,1-2H3. The summed E-state index contributed by atoms with van der Waals surface area (Å²) in [6.07, 6.45) is 8.07. The van der Waals surface area contributed by atoms with E-state index in [0.717, 1.165) is 16.9 Å². The summed E-state index contributed by atoms with van der Waals surface area (Å²) >= 11 is 6.21. The molecule has 2 aromatic heterocycles. The van der Waals surface area contributed by atoms with E-state index in [1.54, 1.807) is 40.5 Å². The highest BCUT2D eigenvalue weighted by atomic mass is 35.5. The second-order valence-electron chi connectivity index (χ2n) is 8.66. The highest BCUT2D eigenvalue weighted by Crippen LogP contribution is 2.43. The lowest BCUT2D eigenvalue weighted by Crippen LogP contribution is -2.49. The average Bonchev–Trinajstić information content (AvgIpc) is 3.03. The van der Waals surface area contributed by atoms with Crippen LogP contribution in [-0.4, -0.2) is 57.8 Å². The Bertz CT molecular complexity index is 1220. The molecule has 0 spiro atoms. The molecule has 0 saturated carbocycles. The van der Waals surface area contributed by atoms with Crippen LogP contribution in [0.2, 0.25) is 5.02 Å². The van der Waals surface area contributed by atoms with E-state index in [1.165, 1.54) is 12.4 Å². The van der Waals surface area contributed by atoms with Gasteiger partial charge < -0.3 is 9.80 Å². The van der Waals surface area contributed by atoms with Crippen molar-refractivity contribution in [3.63, 3.8) is 0 Å². The molecule has 1 saturated heterocycles. The molecular formula is C24H23ClN6O2. The number of fused-ring (bicyclic) bond motifs is 1. The number of halogens is 1. The third-order valence-corrected chi connectivity index (χ3v) is 6.55. The summed E-state index contributed by atoms with van der Waals surface area (Å²) in [7, 11) is 0. The Morgan fingerprint density at radius 1 is 0.970 bits per heavy atom. The number of carbonyl (C=O) groups excluding carboxylic acids is 2. The molecule has 2 aliphatic heterocycles. The van der Waals surface area contributed by atoms with Crippen molar-refractivity contribution >= 4 is 34.8 Å². The molecule has 168 valence electrons. The van der Waals surface area contributed by atoms with Crippen LogP contribution in [0.4, 0.5) is 11.4 Å². The number of piperazine rings is 1. The number of hydrogen-bond acceptors (Lipinski definition) is 6. The predicted molar refractivity (Wildman–Crippen MR) is 126 cm³/mol. The normalized spacial score (nSPS) is 17.3. The first-order valence-corrected chi connectivity index (χ1v) is 11.1. The quantitative estimate of drug-likeness (QED) is 0.593. The minimum atomic E-state index is -0.556. The number of amides is 2. The van der Waals surface area contributed by atoms with Gasteiger partial charge in [-0.2, -0.15) is 0 Å². The topological polar surface area (TPSA) is 82.5 Å². The van der Waals surface area contributed by atoms with Gasteiger partial charge in [-0.1, -0.05) is 11.6 Å². The molecule has 33 heavy (non-hydrogen) atoms. The number of benzene rings is 1. The molecule has 1 aromatic carbocycles. The Morgan fingerprint density at radius 2 is 1.73 bits per heavy atom. The van der Waals surface area contributed by atoms with Crippen molar-refractivity contribution in [3.8, 4) is 0 Å². The van der Waals surface area contributed by atoms with Gasteiger partial charge in [0, 0.05) is 49.2 Å². The van der Waals surface area contributed by atoms with E-state index in [1.807, 2.05) is 26.0 Å². The van der Waals surface area contributed by atoms with E-state index in [9.17, 15) is 9.59 Å². The molecule has 4 heterocycles. The van der Waals surface area contributed by atoms with Crippen LogP contribution in [0.3, 0.4) is 0 Å². The molecule has 9 heteroatoms. The van der Waals surface area contributed by atoms with E-state index in [0.29, 0.717) is 42.5 Å². The minimum Gasteiger partial charge on any atom is -0.367 e. The predicted octanol–water partition coefficient (Wildman–Crippen LogP) is 3.38. The second kappa shape index (κ2) is 8.12. The van der Waals surface area contributed by atoms with Crippen molar-refractivity contribution in [3.05, 3.63) is 77.1 Å². The highest BCUT2D eigenvalue weighted by molar-refractivity contribution is 6.31. The zero-order chi connectivity index (χ0) is 23.2. The summed E-state index contributed by atoms with van der Waals surface area (Å²) in [6, 6.07) is 7.38. The third-order valence-electron chi connectivity index (χ3n) is 6.32. The van der Waals surface area contributed by atoms with Gasteiger partial charge in [0.15, 0.2) is 0 Å². The van der Waals surface area contributed by atoms with Crippen molar-refractivity contribution in [2.45, 2.75) is 19.4 Å². The van der Waals surface area contributed by atoms with E-state index < -0.39 is 5.54 Å². The van der Waals surface area contributed by atoms with Crippen LogP contribution in [0.15, 0.2) is 55.2 Å². The fraction of sp³-hybridized carbons (Fsp3) is 0.292. The molecule has 0 bridgehead atoms. The Labute approximate surface area is 196 Å². The molecule has 0 unspecified atom stereocenters. The van der Waals surface area contributed by atoms with E-state index in [2.05, 4.69) is 19.9 Å². The maximum Gasteiger partial charge on any atom is 0.274 e. The Balaban J connectivity index is 1.35. The van der Waals surface area contributed by atoms with Gasteiger partial charge in [-0.25, -0.2) is 4.98 Å². The van der Waals surface area contributed by atoms with E-state index in [4.69, 9.17) is 11.6 Å². The number of rotatable bonds is 3. The fourth-order valence-electron chi connectivity index (χ4n) is 4.59. The van der Waals surface area contributed by atoms with Crippen LogP contribution in [-0.2, 0) is 5.54 Å². The largest absolute Gasteiger partial charge is 0.367 e. The third kappa shape index (κ3) is 3.70. The Morgan fingerprint density at radius 3 is 2.45 bits per heavy atom. The zero-order valence-corrected chi connectivity index (χ0v) is 19.2. The monoisotopic (exact) mass is 462 g/mol. The van der Waals surface area contributed by atoms with Crippen molar-refractivity contribution in [1.29, 1.82) is 0 Å². The smallest absolute Gasteiger partial charge is 0.274 e. The van der Waals surface area contributed by atoms with Gasteiger partial charge in [0.25, 0.3) is 11.8 Å². The summed E-state index contributed by atoms with van der Waals surface area (Å²) in [4.78, 5) is 44.1. The van der Waals surface area contributed by atoms with Gasteiger partial charge in [-0.15, -0.1) is 0 Å². The molecule has 0 radical (unpaired) electrons. The maximum atomic E-state index is 13.3. The lowest BCUT2D eigenvalue weighted by molar-refractivity contribution is 0.0740. The van der Waals surface area contributed by atoms with Crippen LogP contribution >= 0.6 is 11.6 Å². The Hall–Kier alpha value is -3.52. The molecule has 1 fully saturated rings. The molecule has 2 amide bonds. The molecule has 2 aliphatic rings. The van der Waals surface area contributed by atoms with Crippen molar-refractivity contribution in [1.82, 2.24) is 19.9 Å². The Kier molecular flexibility index (Phi) is 5.25. The number of pyridine rings is 1. The van der Waals surface area contributed by atoms with Crippen LogP contribution < -0.4 is 9.80 Å². The number of hydrogen-bond donors (Lipinski definition) is 0. The lowest BCUT2D eigenvalue weighted by Gasteiger charge is -2.37. The fourth-order valence-corrected chi connectivity index (χ4v) is 4.77. The second-order valence-corrected chi connectivity index (χ2v) is 9.10. The first-order valence-electron chi connectivity index (χ1n) is 10.8. The molecule has 8 nitrogen and oxygen atoms in total. The van der Waals surface area contributed by atoms with Crippen molar-refractivity contribution in [2.24, 2.45) is 0 Å². The molecule has 5 rings (SSSR count).